The minimum Gasteiger partial charge on any atom is -0.481 e. The molecule has 2 aromatic rings. The summed E-state index contributed by atoms with van der Waals surface area (Å²) in [6.07, 6.45) is 0.785. The fourth-order valence-electron chi connectivity index (χ4n) is 3.15. The van der Waals surface area contributed by atoms with Crippen molar-refractivity contribution in [2.45, 2.75) is 32.2 Å². The molecule has 0 saturated heterocycles. The first-order chi connectivity index (χ1) is 12.3. The van der Waals surface area contributed by atoms with Crippen molar-refractivity contribution >= 4 is 11.9 Å². The molecule has 0 bridgehead atoms. The van der Waals surface area contributed by atoms with Crippen molar-refractivity contribution < 1.29 is 23.8 Å². The molecule has 0 radical (unpaired) electrons. The Bertz CT molecular complexity index is 842. The Balaban J connectivity index is 1.66. The van der Waals surface area contributed by atoms with Crippen LogP contribution >= 0.6 is 0 Å². The van der Waals surface area contributed by atoms with Gasteiger partial charge in [-0.15, -0.1) is 0 Å². The molecular weight excluding hydrogens is 337 g/mol. The van der Waals surface area contributed by atoms with Gasteiger partial charge in [0.15, 0.2) is 6.61 Å². The molecule has 2 N–H and O–H groups in total. The van der Waals surface area contributed by atoms with Crippen molar-refractivity contribution in [1.29, 1.82) is 0 Å². The van der Waals surface area contributed by atoms with Crippen LogP contribution in [0.5, 0.6) is 5.75 Å². The van der Waals surface area contributed by atoms with E-state index in [1.54, 1.807) is 32.0 Å². The molecule has 2 aromatic carbocycles. The maximum Gasteiger partial charge on any atom is 0.341 e. The van der Waals surface area contributed by atoms with Crippen LogP contribution in [-0.2, 0) is 4.79 Å². The Kier molecular flexibility index (Phi) is 4.93. The van der Waals surface area contributed by atoms with Gasteiger partial charge in [-0.3, -0.25) is 4.79 Å². The van der Waals surface area contributed by atoms with Crippen molar-refractivity contribution in [3.63, 3.8) is 0 Å². The molecule has 0 unspecified atom stereocenters. The number of nitrogens with one attached hydrogen (secondary N) is 1. The minimum absolute atomic E-state index is 0.00662. The van der Waals surface area contributed by atoms with Crippen LogP contribution in [-0.4, -0.2) is 29.6 Å². The Morgan fingerprint density at radius 3 is 2.54 bits per heavy atom. The second-order valence-corrected chi connectivity index (χ2v) is 6.60. The number of amides is 1. The van der Waals surface area contributed by atoms with Crippen molar-refractivity contribution in [2.24, 2.45) is 0 Å². The fraction of sp³-hybridized carbons (Fsp3) is 0.300. The van der Waals surface area contributed by atoms with Gasteiger partial charge in [-0.05, 0) is 61.2 Å². The van der Waals surface area contributed by atoms with Crippen molar-refractivity contribution in [2.75, 3.05) is 6.61 Å². The van der Waals surface area contributed by atoms with E-state index < -0.39 is 12.6 Å². The van der Waals surface area contributed by atoms with Crippen LogP contribution in [0, 0.1) is 19.7 Å². The predicted octanol–water partition coefficient (Wildman–Crippen LogP) is 3.19. The summed E-state index contributed by atoms with van der Waals surface area (Å²) in [5.41, 5.74) is 2.79. The summed E-state index contributed by atoms with van der Waals surface area (Å²) < 4.78 is 18.6. The Morgan fingerprint density at radius 2 is 1.92 bits per heavy atom. The van der Waals surface area contributed by atoms with E-state index >= 15 is 0 Å². The van der Waals surface area contributed by atoms with Gasteiger partial charge in [0.2, 0.25) is 0 Å². The number of carbonyl (C=O) groups excluding carboxylic acids is 1. The number of halogens is 1. The van der Waals surface area contributed by atoms with Gasteiger partial charge in [-0.2, -0.15) is 0 Å². The summed E-state index contributed by atoms with van der Waals surface area (Å²) >= 11 is 0. The molecule has 1 amide bonds. The van der Waals surface area contributed by atoms with E-state index in [-0.39, 0.29) is 23.7 Å². The number of rotatable bonds is 6. The van der Waals surface area contributed by atoms with Gasteiger partial charge < -0.3 is 15.2 Å². The van der Waals surface area contributed by atoms with Crippen LogP contribution in [0.15, 0.2) is 36.4 Å². The second kappa shape index (κ2) is 7.15. The van der Waals surface area contributed by atoms with Crippen molar-refractivity contribution in [3.8, 4) is 5.75 Å². The van der Waals surface area contributed by atoms with Gasteiger partial charge in [0.05, 0.1) is 0 Å². The number of hydrogen-bond acceptors (Lipinski definition) is 3. The van der Waals surface area contributed by atoms with E-state index in [1.807, 2.05) is 6.07 Å². The standard InChI is InChI=1S/C20H20FNO4/c1-11-6-14(7-12(2)19(11)26-10-18(23)24)20(25)22-17-9-16(17)13-4-3-5-15(21)8-13/h3-8,16-17H,9-10H2,1-2H3,(H,22,25)(H,23,24)/t16-,17+/m0/s1. The third kappa shape index (κ3) is 4.02. The van der Waals surface area contributed by atoms with E-state index in [4.69, 9.17) is 9.84 Å². The molecule has 0 heterocycles. The number of hydrogen-bond donors (Lipinski definition) is 2. The SMILES string of the molecule is Cc1cc(C(=O)N[C@@H]2C[C@H]2c2cccc(F)c2)cc(C)c1OCC(=O)O. The first-order valence-corrected chi connectivity index (χ1v) is 8.37. The molecule has 136 valence electrons. The van der Waals surface area contributed by atoms with Gasteiger partial charge in [-0.1, -0.05) is 12.1 Å². The predicted molar refractivity (Wildman–Crippen MR) is 94.1 cm³/mol. The van der Waals surface area contributed by atoms with E-state index in [0.29, 0.717) is 22.4 Å². The zero-order chi connectivity index (χ0) is 18.8. The lowest BCUT2D eigenvalue weighted by Crippen LogP contribution is -2.26. The molecule has 1 saturated carbocycles. The number of benzene rings is 2. The zero-order valence-electron chi connectivity index (χ0n) is 14.6. The van der Waals surface area contributed by atoms with Gasteiger partial charge in [0, 0.05) is 17.5 Å². The molecule has 6 heteroatoms. The number of ether oxygens (including phenoxy) is 1. The van der Waals surface area contributed by atoms with Gasteiger partial charge in [0.25, 0.3) is 5.91 Å². The Labute approximate surface area is 150 Å². The van der Waals surface area contributed by atoms with Crippen LogP contribution in [0.2, 0.25) is 0 Å². The molecule has 1 fully saturated rings. The van der Waals surface area contributed by atoms with E-state index in [9.17, 15) is 14.0 Å². The number of aliphatic carboxylic acids is 1. The number of carboxylic acids is 1. The van der Waals surface area contributed by atoms with E-state index in [1.165, 1.54) is 12.1 Å². The molecule has 0 aromatic heterocycles. The van der Waals surface area contributed by atoms with Gasteiger partial charge in [0.1, 0.15) is 11.6 Å². The molecule has 0 spiro atoms. The Hall–Kier alpha value is -2.89. The molecule has 1 aliphatic carbocycles. The average Bonchev–Trinajstić information content (AvgIpc) is 3.32. The Morgan fingerprint density at radius 1 is 1.23 bits per heavy atom. The quantitative estimate of drug-likeness (QED) is 0.832. The lowest BCUT2D eigenvalue weighted by atomic mass is 10.0. The van der Waals surface area contributed by atoms with Crippen LogP contribution in [0.25, 0.3) is 0 Å². The average molecular weight is 357 g/mol. The summed E-state index contributed by atoms with van der Waals surface area (Å²) in [5.74, 6) is -0.918. The lowest BCUT2D eigenvalue weighted by Gasteiger charge is -2.13. The molecular formula is C20H20FNO4. The number of carbonyl (C=O) groups is 2. The smallest absolute Gasteiger partial charge is 0.341 e. The largest absolute Gasteiger partial charge is 0.481 e. The highest BCUT2D eigenvalue weighted by Crippen LogP contribution is 2.41. The second-order valence-electron chi connectivity index (χ2n) is 6.60. The third-order valence-corrected chi connectivity index (χ3v) is 4.45. The summed E-state index contributed by atoms with van der Waals surface area (Å²) in [6, 6.07) is 9.79. The highest BCUT2D eigenvalue weighted by molar-refractivity contribution is 5.95. The molecule has 1 aliphatic rings. The highest BCUT2D eigenvalue weighted by atomic mass is 19.1. The monoisotopic (exact) mass is 357 g/mol. The van der Waals surface area contributed by atoms with Gasteiger partial charge >= 0.3 is 5.97 Å². The number of aryl methyl sites for hydroxylation is 2. The van der Waals surface area contributed by atoms with Crippen molar-refractivity contribution in [3.05, 3.63) is 64.5 Å². The maximum absolute atomic E-state index is 13.3. The van der Waals surface area contributed by atoms with Gasteiger partial charge in [-0.25, -0.2) is 9.18 Å². The zero-order valence-corrected chi connectivity index (χ0v) is 14.6. The topological polar surface area (TPSA) is 75.6 Å². The van der Waals surface area contributed by atoms with Crippen LogP contribution < -0.4 is 10.1 Å². The van der Waals surface area contributed by atoms with Crippen LogP contribution in [0.3, 0.4) is 0 Å². The first kappa shape index (κ1) is 17.9. The van der Waals surface area contributed by atoms with E-state index in [2.05, 4.69) is 5.32 Å². The molecule has 3 rings (SSSR count). The maximum atomic E-state index is 13.3. The van der Waals surface area contributed by atoms with Crippen molar-refractivity contribution in [1.82, 2.24) is 5.32 Å². The minimum atomic E-state index is -1.05. The summed E-state index contributed by atoms with van der Waals surface area (Å²) in [7, 11) is 0. The summed E-state index contributed by atoms with van der Waals surface area (Å²) in [6.45, 7) is 3.12. The third-order valence-electron chi connectivity index (χ3n) is 4.45. The molecule has 5 nitrogen and oxygen atoms in total. The normalized spacial score (nSPS) is 18.3. The molecule has 0 aliphatic heterocycles. The van der Waals surface area contributed by atoms with Crippen LogP contribution in [0.4, 0.5) is 4.39 Å². The molecule has 2 atom stereocenters. The first-order valence-electron chi connectivity index (χ1n) is 8.37. The summed E-state index contributed by atoms with van der Waals surface area (Å²) in [5, 5.41) is 11.7. The fourth-order valence-corrected chi connectivity index (χ4v) is 3.15. The lowest BCUT2D eigenvalue weighted by molar-refractivity contribution is -0.139. The summed E-state index contributed by atoms with van der Waals surface area (Å²) in [4.78, 5) is 23.2. The van der Waals surface area contributed by atoms with Crippen LogP contribution in [0.1, 0.15) is 39.4 Å². The highest BCUT2D eigenvalue weighted by Gasteiger charge is 2.39. The number of carboxylic acid groups (broad SMARTS) is 1. The van der Waals surface area contributed by atoms with E-state index in [0.717, 1.165) is 12.0 Å². The molecule has 26 heavy (non-hydrogen) atoms.